The number of hydrogen-bond acceptors (Lipinski definition) is 5. The summed E-state index contributed by atoms with van der Waals surface area (Å²) in [6.07, 6.45) is 1.60. The summed E-state index contributed by atoms with van der Waals surface area (Å²) >= 11 is 1.45. The smallest absolute Gasteiger partial charge is 0.249 e. The molecule has 1 amide bonds. The van der Waals surface area contributed by atoms with E-state index in [4.69, 9.17) is 0 Å². The first-order chi connectivity index (χ1) is 10.1. The van der Waals surface area contributed by atoms with E-state index in [0.717, 1.165) is 17.1 Å². The Kier molecular flexibility index (Phi) is 3.88. The molecule has 0 fully saturated rings. The lowest BCUT2D eigenvalue weighted by Crippen LogP contribution is -2.32. The Hall–Kier alpha value is -1.95. The number of aromatic nitrogens is 2. The molecule has 6 heteroatoms. The minimum atomic E-state index is -0.236. The van der Waals surface area contributed by atoms with Crippen molar-refractivity contribution in [3.63, 3.8) is 0 Å². The van der Waals surface area contributed by atoms with E-state index in [0.29, 0.717) is 17.5 Å². The van der Waals surface area contributed by atoms with Crippen LogP contribution in [-0.2, 0) is 17.6 Å². The minimum absolute atomic E-state index is 0.0570. The van der Waals surface area contributed by atoms with Gasteiger partial charge in [-0.2, -0.15) is 0 Å². The highest BCUT2D eigenvalue weighted by molar-refractivity contribution is 7.15. The molecule has 0 spiro atoms. The van der Waals surface area contributed by atoms with Crippen LogP contribution < -0.4 is 10.6 Å². The summed E-state index contributed by atoms with van der Waals surface area (Å²) in [7, 11) is 0. The molecule has 2 N–H and O–H groups in total. The van der Waals surface area contributed by atoms with Crippen LogP contribution in [0.3, 0.4) is 0 Å². The van der Waals surface area contributed by atoms with Gasteiger partial charge in [-0.3, -0.25) is 10.1 Å². The van der Waals surface area contributed by atoms with Crippen LogP contribution in [0.5, 0.6) is 0 Å². The molecule has 0 saturated carbocycles. The summed E-state index contributed by atoms with van der Waals surface area (Å²) < 4.78 is 0. The zero-order chi connectivity index (χ0) is 14.8. The van der Waals surface area contributed by atoms with Crippen molar-refractivity contribution in [1.29, 1.82) is 0 Å². The maximum atomic E-state index is 12.3. The SMILES string of the molecule is CC(C)Cc1nnc(NC(=O)C2Cc3ccccc3N2)s1. The van der Waals surface area contributed by atoms with E-state index in [9.17, 15) is 4.79 Å². The standard InChI is InChI=1S/C15H18N4OS/c1-9(2)7-13-18-19-15(21-13)17-14(20)12-8-10-5-3-4-6-11(10)16-12/h3-6,9,12,16H,7-8H2,1-2H3,(H,17,19,20). The molecule has 0 aliphatic carbocycles. The predicted octanol–water partition coefficient (Wildman–Crippen LogP) is 2.71. The summed E-state index contributed by atoms with van der Waals surface area (Å²) in [5.41, 5.74) is 2.21. The van der Waals surface area contributed by atoms with E-state index >= 15 is 0 Å². The molecule has 1 aromatic heterocycles. The molecular formula is C15H18N4OS. The highest BCUT2D eigenvalue weighted by Crippen LogP contribution is 2.26. The molecule has 0 saturated heterocycles. The van der Waals surface area contributed by atoms with Gasteiger partial charge in [0.15, 0.2) is 0 Å². The number of nitrogens with one attached hydrogen (secondary N) is 2. The van der Waals surface area contributed by atoms with Gasteiger partial charge in [0.2, 0.25) is 11.0 Å². The van der Waals surface area contributed by atoms with Crippen molar-refractivity contribution in [3.8, 4) is 0 Å². The number of nitrogens with zero attached hydrogens (tertiary/aromatic N) is 2. The van der Waals surface area contributed by atoms with Gasteiger partial charge in [-0.05, 0) is 17.5 Å². The number of carbonyl (C=O) groups is 1. The van der Waals surface area contributed by atoms with Crippen LogP contribution in [0, 0.1) is 5.92 Å². The lowest BCUT2D eigenvalue weighted by molar-refractivity contribution is -0.116. The molecule has 1 aromatic carbocycles. The van der Waals surface area contributed by atoms with Crippen molar-refractivity contribution in [2.24, 2.45) is 5.92 Å². The van der Waals surface area contributed by atoms with Gasteiger partial charge < -0.3 is 5.32 Å². The molecular weight excluding hydrogens is 284 g/mol. The van der Waals surface area contributed by atoms with Crippen molar-refractivity contribution >= 4 is 28.1 Å². The highest BCUT2D eigenvalue weighted by Gasteiger charge is 2.26. The average molecular weight is 302 g/mol. The molecule has 110 valence electrons. The minimum Gasteiger partial charge on any atom is -0.373 e. The average Bonchev–Trinajstić information content (AvgIpc) is 3.04. The second-order valence-corrected chi connectivity index (χ2v) is 6.71. The van der Waals surface area contributed by atoms with Crippen LogP contribution in [0.2, 0.25) is 0 Å². The fourth-order valence-electron chi connectivity index (χ4n) is 2.38. The zero-order valence-corrected chi connectivity index (χ0v) is 12.9. The number of hydrogen-bond donors (Lipinski definition) is 2. The second kappa shape index (κ2) is 5.81. The first kappa shape index (κ1) is 14.0. The van der Waals surface area contributed by atoms with E-state index in [2.05, 4.69) is 34.7 Å². The molecule has 2 heterocycles. The number of amides is 1. The Morgan fingerprint density at radius 2 is 2.24 bits per heavy atom. The molecule has 1 aliphatic rings. The van der Waals surface area contributed by atoms with Gasteiger partial charge in [0.25, 0.3) is 0 Å². The van der Waals surface area contributed by atoms with Crippen molar-refractivity contribution < 1.29 is 4.79 Å². The Balaban J connectivity index is 1.61. The number of anilines is 2. The number of carbonyl (C=O) groups excluding carboxylic acids is 1. The van der Waals surface area contributed by atoms with Crippen molar-refractivity contribution in [2.45, 2.75) is 32.7 Å². The summed E-state index contributed by atoms with van der Waals surface area (Å²) in [5, 5.41) is 15.8. The summed E-state index contributed by atoms with van der Waals surface area (Å²) in [6.45, 7) is 4.28. The van der Waals surface area contributed by atoms with Gasteiger partial charge in [0, 0.05) is 18.5 Å². The number of benzene rings is 1. The molecule has 0 radical (unpaired) electrons. The van der Waals surface area contributed by atoms with Crippen molar-refractivity contribution in [3.05, 3.63) is 34.8 Å². The van der Waals surface area contributed by atoms with Crippen LogP contribution >= 0.6 is 11.3 Å². The monoisotopic (exact) mass is 302 g/mol. The third-order valence-electron chi connectivity index (χ3n) is 3.37. The van der Waals surface area contributed by atoms with E-state index in [-0.39, 0.29) is 11.9 Å². The van der Waals surface area contributed by atoms with E-state index in [1.165, 1.54) is 16.9 Å². The number of rotatable bonds is 4. The third-order valence-corrected chi connectivity index (χ3v) is 4.23. The molecule has 5 nitrogen and oxygen atoms in total. The van der Waals surface area contributed by atoms with Gasteiger partial charge >= 0.3 is 0 Å². The van der Waals surface area contributed by atoms with E-state index in [1.54, 1.807) is 0 Å². The van der Waals surface area contributed by atoms with Gasteiger partial charge in [0.05, 0.1) is 0 Å². The Morgan fingerprint density at radius 1 is 1.43 bits per heavy atom. The molecule has 1 aliphatic heterocycles. The highest BCUT2D eigenvalue weighted by atomic mass is 32.1. The van der Waals surface area contributed by atoms with Crippen molar-refractivity contribution in [2.75, 3.05) is 10.6 Å². The molecule has 21 heavy (non-hydrogen) atoms. The maximum absolute atomic E-state index is 12.3. The molecule has 1 unspecified atom stereocenters. The maximum Gasteiger partial charge on any atom is 0.249 e. The van der Waals surface area contributed by atoms with Gasteiger partial charge in [0.1, 0.15) is 11.0 Å². The zero-order valence-electron chi connectivity index (χ0n) is 12.1. The summed E-state index contributed by atoms with van der Waals surface area (Å²) in [5.74, 6) is 0.478. The normalized spacial score (nSPS) is 16.6. The lowest BCUT2D eigenvalue weighted by Gasteiger charge is -2.09. The first-order valence-electron chi connectivity index (χ1n) is 7.09. The Bertz CT molecular complexity index is 628. The van der Waals surface area contributed by atoms with Gasteiger partial charge in [-0.15, -0.1) is 10.2 Å². The van der Waals surface area contributed by atoms with E-state index < -0.39 is 0 Å². The summed E-state index contributed by atoms with van der Waals surface area (Å²) in [6, 6.07) is 7.76. The van der Waals surface area contributed by atoms with Gasteiger partial charge in [-0.1, -0.05) is 43.4 Å². The lowest BCUT2D eigenvalue weighted by atomic mass is 10.1. The fourth-order valence-corrected chi connectivity index (χ4v) is 3.34. The van der Waals surface area contributed by atoms with Gasteiger partial charge in [-0.25, -0.2) is 0 Å². The first-order valence-corrected chi connectivity index (χ1v) is 7.91. The Labute approximate surface area is 127 Å². The molecule has 1 atom stereocenters. The number of fused-ring (bicyclic) bond motifs is 1. The third kappa shape index (κ3) is 3.21. The van der Waals surface area contributed by atoms with Crippen LogP contribution in [0.1, 0.15) is 24.4 Å². The van der Waals surface area contributed by atoms with Crippen molar-refractivity contribution in [1.82, 2.24) is 10.2 Å². The molecule has 0 bridgehead atoms. The number of para-hydroxylation sites is 1. The second-order valence-electron chi connectivity index (χ2n) is 5.65. The summed E-state index contributed by atoms with van der Waals surface area (Å²) in [4.78, 5) is 12.3. The van der Waals surface area contributed by atoms with E-state index in [1.807, 2.05) is 24.3 Å². The van der Waals surface area contributed by atoms with Crippen LogP contribution in [0.15, 0.2) is 24.3 Å². The molecule has 2 aromatic rings. The van der Waals surface area contributed by atoms with Crippen LogP contribution in [0.25, 0.3) is 0 Å². The van der Waals surface area contributed by atoms with Crippen LogP contribution in [-0.4, -0.2) is 22.1 Å². The quantitative estimate of drug-likeness (QED) is 0.911. The topological polar surface area (TPSA) is 66.9 Å². The van der Waals surface area contributed by atoms with Crippen LogP contribution in [0.4, 0.5) is 10.8 Å². The fraction of sp³-hybridized carbons (Fsp3) is 0.400. The Morgan fingerprint density at radius 3 is 3.00 bits per heavy atom. The predicted molar refractivity (Wildman–Crippen MR) is 84.6 cm³/mol. The largest absolute Gasteiger partial charge is 0.373 e. The molecule has 3 rings (SSSR count).